The van der Waals surface area contributed by atoms with Crippen LogP contribution in [0.5, 0.6) is 0 Å². The van der Waals surface area contributed by atoms with Gasteiger partial charge in [-0.3, -0.25) is 9.59 Å². The topological polar surface area (TPSA) is 52.7 Å². The highest BCUT2D eigenvalue weighted by Crippen LogP contribution is 2.15. The molecule has 1 aliphatic heterocycles. The van der Waals surface area contributed by atoms with Gasteiger partial charge in [-0.25, -0.2) is 4.39 Å². The minimum atomic E-state index is -0.627. The van der Waals surface area contributed by atoms with Crippen LogP contribution >= 0.6 is 0 Å². The highest BCUT2D eigenvalue weighted by Gasteiger charge is 2.25. The minimum absolute atomic E-state index is 0.203. The molecule has 0 saturated carbocycles. The van der Waals surface area contributed by atoms with Crippen molar-refractivity contribution in [1.29, 1.82) is 0 Å². The zero-order valence-electron chi connectivity index (χ0n) is 13.8. The number of nitrogens with zero attached hydrogens (tertiary/aromatic N) is 2. The first kappa shape index (κ1) is 17.0. The van der Waals surface area contributed by atoms with Crippen LogP contribution in [0.15, 0.2) is 54.6 Å². The van der Waals surface area contributed by atoms with Gasteiger partial charge in [-0.1, -0.05) is 30.3 Å². The van der Waals surface area contributed by atoms with Crippen LogP contribution in [0.25, 0.3) is 0 Å². The van der Waals surface area contributed by atoms with Gasteiger partial charge in [0.1, 0.15) is 5.82 Å². The Balaban J connectivity index is 1.48. The Kier molecular flexibility index (Phi) is 5.28. The monoisotopic (exact) mass is 341 g/mol. The Morgan fingerprint density at radius 3 is 2.20 bits per heavy atom. The van der Waals surface area contributed by atoms with Crippen molar-refractivity contribution in [1.82, 2.24) is 10.2 Å². The van der Waals surface area contributed by atoms with E-state index in [0.29, 0.717) is 26.2 Å². The number of para-hydroxylation sites is 1. The number of anilines is 1. The molecule has 25 heavy (non-hydrogen) atoms. The van der Waals surface area contributed by atoms with Gasteiger partial charge in [0.15, 0.2) is 0 Å². The molecule has 0 atom stereocenters. The molecule has 0 unspecified atom stereocenters. The van der Waals surface area contributed by atoms with Crippen LogP contribution < -0.4 is 10.2 Å². The quantitative estimate of drug-likeness (QED) is 0.866. The molecule has 6 heteroatoms. The lowest BCUT2D eigenvalue weighted by Gasteiger charge is -2.35. The summed E-state index contributed by atoms with van der Waals surface area (Å²) in [5, 5.41) is 2.59. The molecule has 1 heterocycles. The van der Waals surface area contributed by atoms with Gasteiger partial charge in [0, 0.05) is 38.4 Å². The normalized spacial score (nSPS) is 14.3. The number of carbonyl (C=O) groups is 2. The average molecular weight is 341 g/mol. The van der Waals surface area contributed by atoms with E-state index in [1.165, 1.54) is 12.1 Å². The van der Waals surface area contributed by atoms with Crippen molar-refractivity contribution in [3.05, 3.63) is 66.0 Å². The minimum Gasteiger partial charge on any atom is -0.368 e. The van der Waals surface area contributed by atoms with E-state index in [1.807, 2.05) is 30.3 Å². The third kappa shape index (κ3) is 4.35. The molecule has 2 aromatic rings. The van der Waals surface area contributed by atoms with Gasteiger partial charge in [0.25, 0.3) is 0 Å². The van der Waals surface area contributed by atoms with Crippen LogP contribution in [-0.4, -0.2) is 42.9 Å². The van der Waals surface area contributed by atoms with Crippen molar-refractivity contribution >= 4 is 17.5 Å². The molecule has 3 rings (SSSR count). The van der Waals surface area contributed by atoms with Gasteiger partial charge in [-0.15, -0.1) is 0 Å². The predicted octanol–water partition coefficient (Wildman–Crippen LogP) is 1.79. The lowest BCUT2D eigenvalue weighted by Crippen LogP contribution is -2.52. The van der Waals surface area contributed by atoms with Crippen LogP contribution in [-0.2, 0) is 16.1 Å². The van der Waals surface area contributed by atoms with Gasteiger partial charge < -0.3 is 15.1 Å². The molecule has 5 nitrogen and oxygen atoms in total. The summed E-state index contributed by atoms with van der Waals surface area (Å²) in [6.45, 7) is 2.62. The second-order valence-electron chi connectivity index (χ2n) is 5.92. The Morgan fingerprint density at radius 1 is 0.920 bits per heavy atom. The van der Waals surface area contributed by atoms with Crippen LogP contribution in [0.3, 0.4) is 0 Å². The van der Waals surface area contributed by atoms with E-state index in [1.54, 1.807) is 17.0 Å². The summed E-state index contributed by atoms with van der Waals surface area (Å²) in [5.74, 6) is -1.48. The van der Waals surface area contributed by atoms with Crippen LogP contribution in [0.1, 0.15) is 5.56 Å². The predicted molar refractivity (Wildman–Crippen MR) is 93.5 cm³/mol. The fraction of sp³-hybridized carbons (Fsp3) is 0.263. The number of carbonyl (C=O) groups excluding carboxylic acids is 2. The standard InChI is InChI=1S/C19H20FN3O2/c20-16-8-6-15(7-9-16)14-21-18(24)19(25)23-12-10-22(11-13-23)17-4-2-1-3-5-17/h1-9H,10-14H2,(H,21,24). The summed E-state index contributed by atoms with van der Waals surface area (Å²) in [5.41, 5.74) is 1.87. The van der Waals surface area contributed by atoms with Gasteiger partial charge in [0.05, 0.1) is 0 Å². The van der Waals surface area contributed by atoms with Gasteiger partial charge in [-0.2, -0.15) is 0 Å². The maximum absolute atomic E-state index is 12.9. The number of hydrogen-bond donors (Lipinski definition) is 1. The number of nitrogens with one attached hydrogen (secondary N) is 1. The van der Waals surface area contributed by atoms with Gasteiger partial charge >= 0.3 is 11.8 Å². The highest BCUT2D eigenvalue weighted by molar-refractivity contribution is 6.35. The zero-order chi connectivity index (χ0) is 17.6. The molecule has 1 aliphatic rings. The van der Waals surface area contributed by atoms with E-state index in [-0.39, 0.29) is 12.4 Å². The first-order valence-corrected chi connectivity index (χ1v) is 8.25. The van der Waals surface area contributed by atoms with Gasteiger partial charge in [-0.05, 0) is 29.8 Å². The van der Waals surface area contributed by atoms with Crippen LogP contribution in [0.2, 0.25) is 0 Å². The summed E-state index contributed by atoms with van der Waals surface area (Å²) in [6.07, 6.45) is 0. The van der Waals surface area contributed by atoms with E-state index in [0.717, 1.165) is 11.3 Å². The molecule has 0 radical (unpaired) electrons. The molecule has 0 aromatic heterocycles. The van der Waals surface area contributed by atoms with E-state index in [2.05, 4.69) is 10.2 Å². The van der Waals surface area contributed by atoms with E-state index < -0.39 is 11.8 Å². The van der Waals surface area contributed by atoms with E-state index >= 15 is 0 Å². The van der Waals surface area contributed by atoms with Crippen LogP contribution in [0, 0.1) is 5.82 Å². The molecule has 0 bridgehead atoms. The maximum Gasteiger partial charge on any atom is 0.312 e. The summed E-state index contributed by atoms with van der Waals surface area (Å²) < 4.78 is 12.9. The summed E-state index contributed by atoms with van der Waals surface area (Å²) in [6, 6.07) is 15.8. The number of halogens is 1. The number of amides is 2. The first-order valence-electron chi connectivity index (χ1n) is 8.25. The Hall–Kier alpha value is -2.89. The Labute approximate surface area is 146 Å². The Bertz CT molecular complexity index is 726. The average Bonchev–Trinajstić information content (AvgIpc) is 2.67. The SMILES string of the molecule is O=C(NCc1ccc(F)cc1)C(=O)N1CCN(c2ccccc2)CC1. The molecule has 0 spiro atoms. The largest absolute Gasteiger partial charge is 0.368 e. The fourth-order valence-electron chi connectivity index (χ4n) is 2.81. The van der Waals surface area contributed by atoms with Crippen molar-refractivity contribution in [2.24, 2.45) is 0 Å². The molecule has 1 saturated heterocycles. The third-order valence-corrected chi connectivity index (χ3v) is 4.25. The van der Waals surface area contributed by atoms with E-state index in [9.17, 15) is 14.0 Å². The fourth-order valence-corrected chi connectivity index (χ4v) is 2.81. The molecule has 1 fully saturated rings. The molecule has 0 aliphatic carbocycles. The second kappa shape index (κ2) is 7.79. The summed E-state index contributed by atoms with van der Waals surface area (Å²) in [7, 11) is 0. The molecular formula is C19H20FN3O2. The second-order valence-corrected chi connectivity index (χ2v) is 5.92. The highest BCUT2D eigenvalue weighted by atomic mass is 19.1. The number of benzene rings is 2. The van der Waals surface area contributed by atoms with Crippen LogP contribution in [0.4, 0.5) is 10.1 Å². The molecule has 1 N–H and O–H groups in total. The zero-order valence-corrected chi connectivity index (χ0v) is 13.8. The number of piperazine rings is 1. The lowest BCUT2D eigenvalue weighted by molar-refractivity contribution is -0.146. The van der Waals surface area contributed by atoms with Crippen molar-refractivity contribution in [3.8, 4) is 0 Å². The van der Waals surface area contributed by atoms with Crippen molar-refractivity contribution < 1.29 is 14.0 Å². The maximum atomic E-state index is 12.9. The van der Waals surface area contributed by atoms with Crippen molar-refractivity contribution in [2.45, 2.75) is 6.54 Å². The summed E-state index contributed by atoms with van der Waals surface area (Å²) >= 11 is 0. The molecular weight excluding hydrogens is 321 g/mol. The lowest BCUT2D eigenvalue weighted by atomic mass is 10.2. The number of hydrogen-bond acceptors (Lipinski definition) is 3. The first-order chi connectivity index (χ1) is 12.1. The molecule has 130 valence electrons. The van der Waals surface area contributed by atoms with Gasteiger partial charge in [0.2, 0.25) is 0 Å². The third-order valence-electron chi connectivity index (χ3n) is 4.25. The summed E-state index contributed by atoms with van der Waals surface area (Å²) in [4.78, 5) is 28.1. The molecule has 2 aromatic carbocycles. The van der Waals surface area contributed by atoms with Crippen molar-refractivity contribution in [2.75, 3.05) is 31.1 Å². The van der Waals surface area contributed by atoms with E-state index in [4.69, 9.17) is 0 Å². The smallest absolute Gasteiger partial charge is 0.312 e. The molecule has 2 amide bonds. The van der Waals surface area contributed by atoms with Crippen molar-refractivity contribution in [3.63, 3.8) is 0 Å². The number of rotatable bonds is 3. The Morgan fingerprint density at radius 2 is 1.56 bits per heavy atom.